The third-order valence-corrected chi connectivity index (χ3v) is 3.88. The first-order chi connectivity index (χ1) is 9.60. The lowest BCUT2D eigenvalue weighted by molar-refractivity contribution is 0.494. The molecule has 0 bridgehead atoms. The zero-order valence-electron chi connectivity index (χ0n) is 11.6. The van der Waals surface area contributed by atoms with Gasteiger partial charge in [-0.1, -0.05) is 40.2 Å². The molecule has 2 rings (SSSR count). The molecule has 0 aliphatic rings. The van der Waals surface area contributed by atoms with Gasteiger partial charge in [0, 0.05) is 16.6 Å². The average molecular weight is 329 g/mol. The highest BCUT2D eigenvalue weighted by atomic mass is 79.9. The first kappa shape index (κ1) is 14.8. The number of benzene rings is 2. The zero-order valence-corrected chi connectivity index (χ0v) is 13.2. The van der Waals surface area contributed by atoms with Gasteiger partial charge in [-0.05, 0) is 49.2 Å². The fourth-order valence-corrected chi connectivity index (χ4v) is 2.61. The van der Waals surface area contributed by atoms with Crippen LogP contribution in [0.3, 0.4) is 0 Å². The van der Waals surface area contributed by atoms with Crippen molar-refractivity contribution in [3.63, 3.8) is 0 Å². The average Bonchev–Trinajstić information content (AvgIpc) is 2.47. The van der Waals surface area contributed by atoms with Gasteiger partial charge in [0.05, 0.1) is 11.6 Å². The minimum absolute atomic E-state index is 0.233. The molecule has 2 nitrogen and oxygen atoms in total. The second-order valence-electron chi connectivity index (χ2n) is 4.90. The van der Waals surface area contributed by atoms with Gasteiger partial charge in [-0.15, -0.1) is 0 Å². The Morgan fingerprint density at radius 2 is 1.65 bits per heavy atom. The summed E-state index contributed by atoms with van der Waals surface area (Å²) < 4.78 is 1.09. The number of hydrogen-bond donors (Lipinski definition) is 1. The van der Waals surface area contributed by atoms with Gasteiger partial charge < -0.3 is 5.32 Å². The Morgan fingerprint density at radius 3 is 2.25 bits per heavy atom. The minimum atomic E-state index is 0.233. The van der Waals surface area contributed by atoms with E-state index in [0.717, 1.165) is 4.47 Å². The number of nitrogens with one attached hydrogen (secondary N) is 1. The monoisotopic (exact) mass is 328 g/mol. The van der Waals surface area contributed by atoms with Crippen LogP contribution in [0.4, 0.5) is 0 Å². The lowest BCUT2D eigenvalue weighted by atomic mass is 10.0. The molecule has 0 spiro atoms. The molecule has 0 aliphatic carbocycles. The van der Waals surface area contributed by atoms with E-state index < -0.39 is 0 Å². The van der Waals surface area contributed by atoms with Crippen LogP contribution in [0.1, 0.15) is 42.6 Å². The number of halogens is 1. The molecule has 0 amide bonds. The Morgan fingerprint density at radius 1 is 1.00 bits per heavy atom. The van der Waals surface area contributed by atoms with Crippen molar-refractivity contribution in [2.45, 2.75) is 25.9 Å². The van der Waals surface area contributed by atoms with Gasteiger partial charge in [0.15, 0.2) is 0 Å². The summed E-state index contributed by atoms with van der Waals surface area (Å²) in [5, 5.41) is 12.4. The summed E-state index contributed by atoms with van der Waals surface area (Å²) in [5.74, 6) is 0. The number of hydrogen-bond acceptors (Lipinski definition) is 2. The van der Waals surface area contributed by atoms with Gasteiger partial charge in [-0.3, -0.25) is 0 Å². The van der Waals surface area contributed by atoms with Crippen LogP contribution >= 0.6 is 15.9 Å². The normalized spacial score (nSPS) is 13.5. The van der Waals surface area contributed by atoms with E-state index in [1.165, 1.54) is 11.1 Å². The maximum Gasteiger partial charge on any atom is 0.0991 e. The van der Waals surface area contributed by atoms with E-state index in [1.54, 1.807) is 0 Å². The molecule has 3 heteroatoms. The maximum absolute atomic E-state index is 8.82. The van der Waals surface area contributed by atoms with Crippen molar-refractivity contribution >= 4 is 15.9 Å². The predicted octanol–water partition coefficient (Wildman–Crippen LogP) is 4.73. The fraction of sp³-hybridized carbons (Fsp3) is 0.235. The smallest absolute Gasteiger partial charge is 0.0991 e. The van der Waals surface area contributed by atoms with Crippen LogP contribution in [-0.4, -0.2) is 0 Å². The molecule has 0 aromatic heterocycles. The van der Waals surface area contributed by atoms with Crippen molar-refractivity contribution in [1.82, 2.24) is 5.32 Å². The van der Waals surface area contributed by atoms with Gasteiger partial charge >= 0.3 is 0 Å². The largest absolute Gasteiger partial charge is 0.304 e. The second-order valence-corrected chi connectivity index (χ2v) is 5.81. The Bertz CT molecular complexity index is 614. The summed E-state index contributed by atoms with van der Waals surface area (Å²) in [6.45, 7) is 4.29. The second kappa shape index (κ2) is 6.69. The van der Waals surface area contributed by atoms with Gasteiger partial charge in [-0.2, -0.15) is 5.26 Å². The molecule has 2 aromatic carbocycles. The topological polar surface area (TPSA) is 35.8 Å². The molecule has 0 fully saturated rings. The van der Waals surface area contributed by atoms with Crippen molar-refractivity contribution in [2.24, 2.45) is 0 Å². The lowest BCUT2D eigenvalue weighted by Gasteiger charge is -2.21. The molecule has 2 aromatic rings. The molecule has 2 atom stereocenters. The van der Waals surface area contributed by atoms with E-state index in [2.05, 4.69) is 53.3 Å². The molecule has 0 saturated heterocycles. The number of nitrogens with zero attached hydrogens (tertiary/aromatic N) is 1. The molecule has 1 N–H and O–H groups in total. The Hall–Kier alpha value is -1.63. The lowest BCUT2D eigenvalue weighted by Crippen LogP contribution is -2.22. The maximum atomic E-state index is 8.82. The summed E-state index contributed by atoms with van der Waals surface area (Å²) in [6, 6.07) is 18.7. The van der Waals surface area contributed by atoms with E-state index in [1.807, 2.05) is 36.4 Å². The molecule has 102 valence electrons. The minimum Gasteiger partial charge on any atom is -0.304 e. The van der Waals surface area contributed by atoms with E-state index in [9.17, 15) is 0 Å². The highest BCUT2D eigenvalue weighted by molar-refractivity contribution is 9.10. The van der Waals surface area contributed by atoms with E-state index in [0.29, 0.717) is 5.56 Å². The van der Waals surface area contributed by atoms with Crippen LogP contribution in [0, 0.1) is 11.3 Å². The third-order valence-electron chi connectivity index (χ3n) is 3.39. The van der Waals surface area contributed by atoms with Crippen molar-refractivity contribution in [3.8, 4) is 6.07 Å². The molecular formula is C17H17BrN2. The van der Waals surface area contributed by atoms with Gasteiger partial charge in [0.1, 0.15) is 0 Å². The van der Waals surface area contributed by atoms with Gasteiger partial charge in [0.2, 0.25) is 0 Å². The van der Waals surface area contributed by atoms with Crippen LogP contribution in [0.5, 0.6) is 0 Å². The molecule has 20 heavy (non-hydrogen) atoms. The molecule has 0 heterocycles. The molecular weight excluding hydrogens is 312 g/mol. The van der Waals surface area contributed by atoms with Crippen molar-refractivity contribution in [1.29, 1.82) is 5.26 Å². The summed E-state index contributed by atoms with van der Waals surface area (Å²) in [6.07, 6.45) is 0. The predicted molar refractivity (Wildman–Crippen MR) is 85.3 cm³/mol. The van der Waals surface area contributed by atoms with Crippen LogP contribution in [0.2, 0.25) is 0 Å². The summed E-state index contributed by atoms with van der Waals surface area (Å²) in [5.41, 5.74) is 3.13. The fourth-order valence-electron chi connectivity index (χ4n) is 2.19. The summed E-state index contributed by atoms with van der Waals surface area (Å²) >= 11 is 3.50. The highest BCUT2D eigenvalue weighted by Gasteiger charge is 2.11. The van der Waals surface area contributed by atoms with Gasteiger partial charge in [0.25, 0.3) is 0 Å². The van der Waals surface area contributed by atoms with Crippen LogP contribution < -0.4 is 5.32 Å². The molecule has 2 unspecified atom stereocenters. The standard InChI is InChI=1S/C17H17BrN2/c1-12(15-8-6-14(11-19)7-9-15)20-13(2)16-4-3-5-17(18)10-16/h3-10,12-13,20H,1-2H3. The molecule has 0 radical (unpaired) electrons. The first-order valence-electron chi connectivity index (χ1n) is 6.61. The zero-order chi connectivity index (χ0) is 14.5. The Kier molecular flexibility index (Phi) is 4.94. The summed E-state index contributed by atoms with van der Waals surface area (Å²) in [7, 11) is 0. The van der Waals surface area contributed by atoms with Crippen molar-refractivity contribution in [2.75, 3.05) is 0 Å². The van der Waals surface area contributed by atoms with Crippen LogP contribution in [0.15, 0.2) is 53.0 Å². The van der Waals surface area contributed by atoms with Crippen molar-refractivity contribution < 1.29 is 0 Å². The van der Waals surface area contributed by atoms with Crippen LogP contribution in [0.25, 0.3) is 0 Å². The Balaban J connectivity index is 2.06. The molecule has 0 aliphatic heterocycles. The van der Waals surface area contributed by atoms with Gasteiger partial charge in [-0.25, -0.2) is 0 Å². The summed E-state index contributed by atoms with van der Waals surface area (Å²) in [4.78, 5) is 0. The molecule has 0 saturated carbocycles. The van der Waals surface area contributed by atoms with Crippen molar-refractivity contribution in [3.05, 3.63) is 69.7 Å². The van der Waals surface area contributed by atoms with Crippen LogP contribution in [-0.2, 0) is 0 Å². The van der Waals surface area contributed by atoms with E-state index >= 15 is 0 Å². The third kappa shape index (κ3) is 3.69. The number of rotatable bonds is 4. The SMILES string of the molecule is CC(NC(C)c1cccc(Br)c1)c1ccc(C#N)cc1. The van der Waals surface area contributed by atoms with E-state index in [-0.39, 0.29) is 12.1 Å². The highest BCUT2D eigenvalue weighted by Crippen LogP contribution is 2.22. The Labute approximate surface area is 128 Å². The number of nitriles is 1. The van der Waals surface area contributed by atoms with E-state index in [4.69, 9.17) is 5.26 Å². The quantitative estimate of drug-likeness (QED) is 0.880. The first-order valence-corrected chi connectivity index (χ1v) is 7.41.